The third kappa shape index (κ3) is 1.78. The number of carbonyl (C=O) groups is 1. The van der Waals surface area contributed by atoms with Crippen LogP contribution in [0.2, 0.25) is 0 Å². The highest BCUT2D eigenvalue weighted by Gasteiger charge is 2.33. The molecule has 1 amide bonds. The largest absolute Gasteiger partial charge is 0.360 e. The van der Waals surface area contributed by atoms with E-state index in [1.54, 1.807) is 0 Å². The van der Waals surface area contributed by atoms with Gasteiger partial charge in [0.2, 0.25) is 5.91 Å². The number of rotatable bonds is 2. The van der Waals surface area contributed by atoms with Crippen LogP contribution in [0.1, 0.15) is 24.2 Å². The lowest BCUT2D eigenvalue weighted by Crippen LogP contribution is -2.26. The lowest BCUT2D eigenvalue weighted by molar-refractivity contribution is -0.117. The average Bonchev–Trinajstić information content (AvgIpc) is 3.02. The van der Waals surface area contributed by atoms with Crippen molar-refractivity contribution < 1.29 is 4.79 Å². The van der Waals surface area contributed by atoms with E-state index in [0.29, 0.717) is 6.42 Å². The molecule has 4 rings (SSSR count). The van der Waals surface area contributed by atoms with Gasteiger partial charge in [0.05, 0.1) is 17.8 Å². The average molecular weight is 294 g/mol. The van der Waals surface area contributed by atoms with Crippen LogP contribution in [0.3, 0.4) is 0 Å². The highest BCUT2D eigenvalue weighted by molar-refractivity contribution is 6.03. The van der Waals surface area contributed by atoms with Gasteiger partial charge < -0.3 is 15.1 Å². The number of nitrogens with zero attached hydrogens (tertiary/aromatic N) is 3. The van der Waals surface area contributed by atoms with Gasteiger partial charge in [0, 0.05) is 31.7 Å². The zero-order valence-corrected chi connectivity index (χ0v) is 12.7. The molecule has 1 aromatic carbocycles. The van der Waals surface area contributed by atoms with Crippen molar-refractivity contribution in [2.24, 2.45) is 0 Å². The molecule has 0 fully saturated rings. The second kappa shape index (κ2) is 4.73. The first-order chi connectivity index (χ1) is 10.7. The Hall–Kier alpha value is -2.56. The fourth-order valence-electron chi connectivity index (χ4n) is 3.40. The molecule has 0 spiro atoms. The van der Waals surface area contributed by atoms with Crippen molar-refractivity contribution in [3.05, 3.63) is 47.8 Å². The van der Waals surface area contributed by atoms with E-state index < -0.39 is 0 Å². The lowest BCUT2D eigenvalue weighted by Gasteiger charge is -2.23. The van der Waals surface area contributed by atoms with Crippen LogP contribution in [-0.2, 0) is 11.2 Å². The molecule has 0 bridgehead atoms. The standard InChI is InChI=1S/C17H18N4O/c1-3-21-14-10-15-13(8-12(14)9-16(21)22)19-17(20(15)2)11-4-6-18-7-5-11/h4-8,10,17,19H,3,9H2,1-2H3. The van der Waals surface area contributed by atoms with Gasteiger partial charge >= 0.3 is 0 Å². The Morgan fingerprint density at radius 2 is 2.05 bits per heavy atom. The Morgan fingerprint density at radius 1 is 1.27 bits per heavy atom. The summed E-state index contributed by atoms with van der Waals surface area (Å²) in [5.74, 6) is 0.189. The van der Waals surface area contributed by atoms with E-state index in [1.807, 2.05) is 36.4 Å². The van der Waals surface area contributed by atoms with Crippen molar-refractivity contribution in [3.63, 3.8) is 0 Å². The predicted molar refractivity (Wildman–Crippen MR) is 87.2 cm³/mol. The highest BCUT2D eigenvalue weighted by atomic mass is 16.2. The van der Waals surface area contributed by atoms with E-state index in [2.05, 4.69) is 34.4 Å². The summed E-state index contributed by atoms with van der Waals surface area (Å²) in [4.78, 5) is 20.2. The summed E-state index contributed by atoms with van der Waals surface area (Å²) in [6.45, 7) is 2.73. The van der Waals surface area contributed by atoms with Gasteiger partial charge in [0.25, 0.3) is 0 Å². The Morgan fingerprint density at radius 3 is 2.77 bits per heavy atom. The molecule has 1 N–H and O–H groups in total. The smallest absolute Gasteiger partial charge is 0.231 e. The summed E-state index contributed by atoms with van der Waals surface area (Å²) in [5, 5.41) is 3.55. The molecule has 2 aliphatic rings. The molecule has 1 unspecified atom stereocenters. The van der Waals surface area contributed by atoms with Crippen LogP contribution < -0.4 is 15.1 Å². The summed E-state index contributed by atoms with van der Waals surface area (Å²) < 4.78 is 0. The molecule has 22 heavy (non-hydrogen) atoms. The quantitative estimate of drug-likeness (QED) is 0.925. The normalized spacial score (nSPS) is 19.2. The molecule has 5 nitrogen and oxygen atoms in total. The van der Waals surface area contributed by atoms with Crippen molar-refractivity contribution in [2.45, 2.75) is 19.5 Å². The Kier molecular flexibility index (Phi) is 2.82. The Balaban J connectivity index is 1.74. The number of nitrogens with one attached hydrogen (secondary N) is 1. The molecule has 5 heteroatoms. The van der Waals surface area contributed by atoms with Crippen molar-refractivity contribution in [1.82, 2.24) is 4.98 Å². The molecule has 1 aromatic heterocycles. The fourth-order valence-corrected chi connectivity index (χ4v) is 3.40. The van der Waals surface area contributed by atoms with Gasteiger partial charge in [-0.05, 0) is 42.3 Å². The van der Waals surface area contributed by atoms with Crippen LogP contribution in [0.25, 0.3) is 0 Å². The summed E-state index contributed by atoms with van der Waals surface area (Å²) in [6, 6.07) is 8.30. The molecular weight excluding hydrogens is 276 g/mol. The summed E-state index contributed by atoms with van der Waals surface area (Å²) in [7, 11) is 2.07. The molecular formula is C17H18N4O. The fraction of sp³-hybridized carbons (Fsp3) is 0.294. The summed E-state index contributed by atoms with van der Waals surface area (Å²) in [6.07, 6.45) is 4.23. The lowest BCUT2D eigenvalue weighted by atomic mass is 10.1. The molecule has 1 atom stereocenters. The molecule has 0 saturated carbocycles. The van der Waals surface area contributed by atoms with Crippen LogP contribution >= 0.6 is 0 Å². The van der Waals surface area contributed by atoms with E-state index in [-0.39, 0.29) is 12.1 Å². The van der Waals surface area contributed by atoms with Crippen LogP contribution in [0, 0.1) is 0 Å². The summed E-state index contributed by atoms with van der Waals surface area (Å²) in [5.41, 5.74) is 5.57. The molecule has 2 aromatic rings. The third-order valence-electron chi connectivity index (χ3n) is 4.53. The van der Waals surface area contributed by atoms with Gasteiger partial charge in [0.15, 0.2) is 0 Å². The number of amides is 1. The number of anilines is 3. The first kappa shape index (κ1) is 13.1. The van der Waals surface area contributed by atoms with Crippen LogP contribution in [0.4, 0.5) is 17.1 Å². The maximum atomic E-state index is 12.0. The van der Waals surface area contributed by atoms with E-state index in [9.17, 15) is 4.79 Å². The van der Waals surface area contributed by atoms with Crippen LogP contribution in [-0.4, -0.2) is 24.5 Å². The van der Waals surface area contributed by atoms with Crippen LogP contribution in [0.5, 0.6) is 0 Å². The summed E-state index contributed by atoms with van der Waals surface area (Å²) >= 11 is 0. The van der Waals surface area contributed by atoms with E-state index in [4.69, 9.17) is 0 Å². The number of benzene rings is 1. The van der Waals surface area contributed by atoms with E-state index in [0.717, 1.165) is 29.2 Å². The van der Waals surface area contributed by atoms with Crippen molar-refractivity contribution in [2.75, 3.05) is 28.7 Å². The number of hydrogen-bond acceptors (Lipinski definition) is 4. The topological polar surface area (TPSA) is 48.5 Å². The number of carbonyl (C=O) groups excluding carboxylic acids is 1. The second-order valence-corrected chi connectivity index (χ2v) is 5.75. The maximum absolute atomic E-state index is 12.0. The van der Waals surface area contributed by atoms with Crippen molar-refractivity contribution >= 4 is 23.0 Å². The first-order valence-electron chi connectivity index (χ1n) is 7.55. The minimum absolute atomic E-state index is 0.103. The van der Waals surface area contributed by atoms with Gasteiger partial charge in [0.1, 0.15) is 6.17 Å². The van der Waals surface area contributed by atoms with Gasteiger partial charge in [-0.3, -0.25) is 9.78 Å². The van der Waals surface area contributed by atoms with E-state index >= 15 is 0 Å². The molecule has 0 saturated heterocycles. The Bertz CT molecular complexity index is 744. The molecule has 112 valence electrons. The number of fused-ring (bicyclic) bond motifs is 2. The maximum Gasteiger partial charge on any atom is 0.231 e. The SMILES string of the molecule is CCN1C(=O)Cc2cc3c(cc21)N(C)C(c1ccncc1)N3. The molecule has 3 heterocycles. The van der Waals surface area contributed by atoms with Gasteiger partial charge in [-0.15, -0.1) is 0 Å². The number of pyridine rings is 1. The predicted octanol–water partition coefficient (Wildman–Crippen LogP) is 2.55. The molecule has 0 radical (unpaired) electrons. The number of likely N-dealkylation sites (N-methyl/N-ethyl adjacent to an activating group) is 1. The van der Waals surface area contributed by atoms with E-state index in [1.165, 1.54) is 5.56 Å². The highest BCUT2D eigenvalue weighted by Crippen LogP contribution is 2.45. The van der Waals surface area contributed by atoms with Gasteiger partial charge in [-0.2, -0.15) is 0 Å². The number of aromatic nitrogens is 1. The van der Waals surface area contributed by atoms with Gasteiger partial charge in [-0.25, -0.2) is 0 Å². The zero-order valence-electron chi connectivity index (χ0n) is 12.7. The monoisotopic (exact) mass is 294 g/mol. The first-order valence-corrected chi connectivity index (χ1v) is 7.55. The third-order valence-corrected chi connectivity index (χ3v) is 4.53. The van der Waals surface area contributed by atoms with Crippen molar-refractivity contribution in [3.8, 4) is 0 Å². The second-order valence-electron chi connectivity index (χ2n) is 5.75. The number of hydrogen-bond donors (Lipinski definition) is 1. The molecule has 2 aliphatic heterocycles. The zero-order chi connectivity index (χ0) is 15.3. The van der Waals surface area contributed by atoms with Crippen molar-refractivity contribution in [1.29, 1.82) is 0 Å². The minimum Gasteiger partial charge on any atom is -0.360 e. The van der Waals surface area contributed by atoms with Crippen LogP contribution in [0.15, 0.2) is 36.7 Å². The minimum atomic E-state index is 0.103. The molecule has 0 aliphatic carbocycles. The van der Waals surface area contributed by atoms with Gasteiger partial charge in [-0.1, -0.05) is 0 Å². The Labute approximate surface area is 129 Å².